The Morgan fingerprint density at radius 2 is 2.08 bits per heavy atom. The summed E-state index contributed by atoms with van der Waals surface area (Å²) in [5, 5.41) is 11.4. The first kappa shape index (κ1) is 16.4. The second kappa shape index (κ2) is 6.00. The van der Waals surface area contributed by atoms with Crippen LogP contribution in [-0.2, 0) is 0 Å². The molecule has 1 unspecified atom stereocenters. The Balaban J connectivity index is 1.94. The molecule has 1 atom stereocenters. The molecule has 0 radical (unpaired) electrons. The van der Waals surface area contributed by atoms with Crippen LogP contribution in [0, 0.1) is 5.82 Å². The summed E-state index contributed by atoms with van der Waals surface area (Å²) in [7, 11) is 1.51. The molecule has 2 aromatic rings. The molecule has 2 fully saturated rings. The first-order valence-corrected chi connectivity index (χ1v) is 8.63. The lowest BCUT2D eigenvalue weighted by Gasteiger charge is -2.38. The van der Waals surface area contributed by atoms with E-state index >= 15 is 0 Å². The maximum absolute atomic E-state index is 15.0. The molecule has 2 heterocycles. The third kappa shape index (κ3) is 2.67. The van der Waals surface area contributed by atoms with Gasteiger partial charge in [-0.2, -0.15) is 5.06 Å². The highest BCUT2D eigenvalue weighted by Crippen LogP contribution is 2.43. The van der Waals surface area contributed by atoms with Gasteiger partial charge in [0, 0.05) is 44.0 Å². The minimum absolute atomic E-state index is 0.116. The Bertz CT molecular complexity index is 878. The quantitative estimate of drug-likeness (QED) is 0.924. The molecule has 0 bridgehead atoms. The Morgan fingerprint density at radius 3 is 2.72 bits per heavy atom. The van der Waals surface area contributed by atoms with Crippen molar-refractivity contribution in [2.24, 2.45) is 0 Å². The van der Waals surface area contributed by atoms with Crippen molar-refractivity contribution in [1.29, 1.82) is 0 Å². The van der Waals surface area contributed by atoms with E-state index in [1.807, 2.05) is 16.4 Å². The molecule has 0 spiro atoms. The van der Waals surface area contributed by atoms with Crippen molar-refractivity contribution in [2.45, 2.75) is 31.8 Å². The highest BCUT2D eigenvalue weighted by molar-refractivity contribution is 5.91. The lowest BCUT2D eigenvalue weighted by atomic mass is 10.1. The van der Waals surface area contributed by atoms with Crippen molar-refractivity contribution in [2.75, 3.05) is 31.6 Å². The van der Waals surface area contributed by atoms with Crippen molar-refractivity contribution in [3.8, 4) is 5.75 Å². The van der Waals surface area contributed by atoms with Crippen molar-refractivity contribution < 1.29 is 14.3 Å². The molecule has 1 saturated carbocycles. The number of ether oxygens (including phenoxy) is 1. The summed E-state index contributed by atoms with van der Waals surface area (Å²) in [5.74, 6) is -0.0632. The van der Waals surface area contributed by atoms with Crippen molar-refractivity contribution in [1.82, 2.24) is 9.63 Å². The predicted octanol–water partition coefficient (Wildman–Crippen LogP) is 2.38. The predicted molar refractivity (Wildman–Crippen MR) is 93.2 cm³/mol. The summed E-state index contributed by atoms with van der Waals surface area (Å²) < 4.78 is 22.6. The summed E-state index contributed by atoms with van der Waals surface area (Å²) in [5.41, 5.74) is 0.826. The van der Waals surface area contributed by atoms with Crippen molar-refractivity contribution in [3.05, 3.63) is 34.4 Å². The van der Waals surface area contributed by atoms with E-state index in [0.29, 0.717) is 48.0 Å². The van der Waals surface area contributed by atoms with E-state index in [-0.39, 0.29) is 11.5 Å². The molecule has 0 amide bonds. The van der Waals surface area contributed by atoms with E-state index in [9.17, 15) is 14.4 Å². The monoisotopic (exact) mass is 347 g/mol. The van der Waals surface area contributed by atoms with Gasteiger partial charge in [-0.15, -0.1) is 0 Å². The van der Waals surface area contributed by atoms with Crippen LogP contribution in [0.2, 0.25) is 0 Å². The average molecular weight is 347 g/mol. The second-order valence-corrected chi connectivity index (χ2v) is 6.91. The number of hydrogen-bond acceptors (Lipinski definition) is 5. The molecule has 1 aliphatic heterocycles. The van der Waals surface area contributed by atoms with Crippen LogP contribution >= 0.6 is 0 Å². The fourth-order valence-electron chi connectivity index (χ4n) is 3.66. The molecule has 1 aromatic carbocycles. The van der Waals surface area contributed by atoms with E-state index in [0.717, 1.165) is 12.8 Å². The molecule has 1 saturated heterocycles. The molecule has 2 aliphatic rings. The zero-order valence-electron chi connectivity index (χ0n) is 14.4. The van der Waals surface area contributed by atoms with Crippen LogP contribution < -0.4 is 15.1 Å². The topological polar surface area (TPSA) is 57.9 Å². The number of benzene rings is 1. The van der Waals surface area contributed by atoms with Gasteiger partial charge in [0.15, 0.2) is 17.0 Å². The third-order valence-corrected chi connectivity index (χ3v) is 5.15. The summed E-state index contributed by atoms with van der Waals surface area (Å²) >= 11 is 0. The Hall–Kier alpha value is -2.12. The molecule has 6 nitrogen and oxygen atoms in total. The fraction of sp³-hybridized carbons (Fsp3) is 0.500. The number of aromatic nitrogens is 1. The molecule has 134 valence electrons. The lowest BCUT2D eigenvalue weighted by Crippen LogP contribution is -2.50. The SMILES string of the molecule is COc1c(N2CCN(O)C(C)C2)c(F)cc2c(=O)ccn(C3CC3)c12. The first-order valence-electron chi connectivity index (χ1n) is 8.63. The molecule has 1 aliphatic carbocycles. The van der Waals surface area contributed by atoms with Gasteiger partial charge in [-0.25, -0.2) is 4.39 Å². The first-order chi connectivity index (χ1) is 12.0. The number of fused-ring (bicyclic) bond motifs is 1. The highest BCUT2D eigenvalue weighted by atomic mass is 19.1. The van der Waals surface area contributed by atoms with Crippen LogP contribution in [0.25, 0.3) is 10.9 Å². The molecule has 4 rings (SSSR count). The van der Waals surface area contributed by atoms with Crippen molar-refractivity contribution >= 4 is 16.6 Å². The molecular weight excluding hydrogens is 325 g/mol. The third-order valence-electron chi connectivity index (χ3n) is 5.15. The minimum Gasteiger partial charge on any atom is -0.492 e. The van der Waals surface area contributed by atoms with E-state index in [2.05, 4.69) is 0 Å². The van der Waals surface area contributed by atoms with E-state index < -0.39 is 5.82 Å². The van der Waals surface area contributed by atoms with Crippen LogP contribution in [0.4, 0.5) is 10.1 Å². The Labute approximate surface area is 145 Å². The van der Waals surface area contributed by atoms with Crippen LogP contribution in [-0.4, -0.2) is 47.6 Å². The van der Waals surface area contributed by atoms with Crippen LogP contribution in [0.1, 0.15) is 25.8 Å². The van der Waals surface area contributed by atoms with Gasteiger partial charge in [0.05, 0.1) is 18.0 Å². The number of rotatable bonds is 3. The number of nitrogens with zero attached hydrogens (tertiary/aromatic N) is 3. The smallest absolute Gasteiger partial charge is 0.189 e. The molecular formula is C18H22FN3O3. The number of hydrogen-bond donors (Lipinski definition) is 1. The van der Waals surface area contributed by atoms with E-state index in [1.165, 1.54) is 24.3 Å². The average Bonchev–Trinajstić information content (AvgIpc) is 3.42. The minimum atomic E-state index is -0.464. The van der Waals surface area contributed by atoms with Gasteiger partial charge in [0.2, 0.25) is 0 Å². The Kier molecular flexibility index (Phi) is 3.92. The van der Waals surface area contributed by atoms with E-state index in [1.54, 1.807) is 6.20 Å². The highest BCUT2D eigenvalue weighted by Gasteiger charge is 2.31. The number of piperazine rings is 1. The van der Waals surface area contributed by atoms with Crippen molar-refractivity contribution in [3.63, 3.8) is 0 Å². The lowest BCUT2D eigenvalue weighted by molar-refractivity contribution is -0.125. The molecule has 25 heavy (non-hydrogen) atoms. The second-order valence-electron chi connectivity index (χ2n) is 6.91. The Morgan fingerprint density at radius 1 is 1.32 bits per heavy atom. The van der Waals surface area contributed by atoms with Crippen LogP contribution in [0.3, 0.4) is 0 Å². The number of pyridine rings is 1. The number of anilines is 1. The fourth-order valence-corrected chi connectivity index (χ4v) is 3.66. The van der Waals surface area contributed by atoms with Gasteiger partial charge in [-0.05, 0) is 25.8 Å². The van der Waals surface area contributed by atoms with E-state index in [4.69, 9.17) is 4.74 Å². The number of hydroxylamine groups is 2. The van der Waals surface area contributed by atoms with Gasteiger partial charge in [0.1, 0.15) is 5.69 Å². The zero-order chi connectivity index (χ0) is 17.7. The zero-order valence-corrected chi connectivity index (χ0v) is 14.4. The van der Waals surface area contributed by atoms with Gasteiger partial charge in [-0.3, -0.25) is 4.79 Å². The normalized spacial score (nSPS) is 21.8. The van der Waals surface area contributed by atoms with Gasteiger partial charge in [0.25, 0.3) is 0 Å². The summed E-state index contributed by atoms with van der Waals surface area (Å²) in [4.78, 5) is 14.2. The van der Waals surface area contributed by atoms with Gasteiger partial charge in [-0.1, -0.05) is 0 Å². The number of halogens is 1. The van der Waals surface area contributed by atoms with Crippen LogP contribution in [0.15, 0.2) is 23.1 Å². The summed E-state index contributed by atoms with van der Waals surface area (Å²) in [6.45, 7) is 3.28. The summed E-state index contributed by atoms with van der Waals surface area (Å²) in [6, 6.07) is 3.04. The molecule has 1 aromatic heterocycles. The maximum Gasteiger partial charge on any atom is 0.189 e. The van der Waals surface area contributed by atoms with Crippen LogP contribution in [0.5, 0.6) is 5.75 Å². The molecule has 7 heteroatoms. The van der Waals surface area contributed by atoms with Gasteiger partial charge < -0.3 is 19.4 Å². The standard InChI is InChI=1S/C18H22FN3O3/c1-11-10-20(7-8-22(11)24)17-14(19)9-13-15(23)5-6-21(12-3-4-12)16(13)18(17)25-2/h5-6,9,11-12,24H,3-4,7-8,10H2,1-2H3. The summed E-state index contributed by atoms with van der Waals surface area (Å²) in [6.07, 6.45) is 3.88. The largest absolute Gasteiger partial charge is 0.492 e. The van der Waals surface area contributed by atoms with Gasteiger partial charge >= 0.3 is 0 Å². The number of methoxy groups -OCH3 is 1. The maximum atomic E-state index is 15.0. The molecule has 1 N–H and O–H groups in total.